The normalized spacial score (nSPS) is 22.1. The molecule has 0 aromatic carbocycles. The van der Waals surface area contributed by atoms with Crippen LogP contribution in [0.4, 0.5) is 0 Å². The zero-order chi connectivity index (χ0) is 17.6. The molecule has 2 atom stereocenters. The second kappa shape index (κ2) is 5.96. The van der Waals surface area contributed by atoms with E-state index in [4.69, 9.17) is 0 Å². The minimum Gasteiger partial charge on any atom is -0.480 e. The third-order valence-corrected chi connectivity index (χ3v) is 7.14. The van der Waals surface area contributed by atoms with Gasteiger partial charge in [-0.15, -0.1) is 11.3 Å². The molecule has 8 nitrogen and oxygen atoms in total. The van der Waals surface area contributed by atoms with Crippen LogP contribution in [0.2, 0.25) is 0 Å². The minimum absolute atomic E-state index is 0.0588. The topological polar surface area (TPSA) is 124 Å². The van der Waals surface area contributed by atoms with Crippen molar-refractivity contribution >= 4 is 27.3 Å². The number of carboxylic acid groups (broad SMARTS) is 1. The highest BCUT2D eigenvalue weighted by atomic mass is 32.2. The number of aliphatic hydroxyl groups is 1. The second-order valence-corrected chi connectivity index (χ2v) is 8.90. The van der Waals surface area contributed by atoms with Crippen LogP contribution in [0.25, 0.3) is 10.6 Å². The summed E-state index contributed by atoms with van der Waals surface area (Å²) in [4.78, 5) is 12.6. The summed E-state index contributed by atoms with van der Waals surface area (Å²) in [6.07, 6.45) is -1.09. The molecule has 2 aromatic rings. The Morgan fingerprint density at radius 1 is 1.42 bits per heavy atom. The van der Waals surface area contributed by atoms with Gasteiger partial charge in [0.1, 0.15) is 11.7 Å². The van der Waals surface area contributed by atoms with Gasteiger partial charge >= 0.3 is 5.97 Å². The van der Waals surface area contributed by atoms with E-state index in [-0.39, 0.29) is 17.9 Å². The minimum atomic E-state index is -4.01. The lowest BCUT2D eigenvalue weighted by Crippen LogP contribution is -2.40. The molecule has 0 amide bonds. The van der Waals surface area contributed by atoms with Crippen molar-refractivity contribution in [3.8, 4) is 10.6 Å². The predicted octanol–water partition coefficient (Wildman–Crippen LogP) is 0.964. The molecule has 3 heterocycles. The van der Waals surface area contributed by atoms with Crippen molar-refractivity contribution in [2.24, 2.45) is 0 Å². The van der Waals surface area contributed by atoms with E-state index in [2.05, 4.69) is 10.2 Å². The number of nitrogens with one attached hydrogen (secondary N) is 1. The van der Waals surface area contributed by atoms with Gasteiger partial charge in [0.25, 0.3) is 0 Å². The highest BCUT2D eigenvalue weighted by molar-refractivity contribution is 7.89. The maximum Gasteiger partial charge on any atom is 0.322 e. The Morgan fingerprint density at radius 2 is 2.12 bits per heavy atom. The number of aliphatic carboxylic acids is 1. The number of β-amino-alcohol motifs (C(OH)–C–C–N with tert-alkyl or cyclic N) is 1. The van der Waals surface area contributed by atoms with Crippen LogP contribution in [0.3, 0.4) is 0 Å². The summed E-state index contributed by atoms with van der Waals surface area (Å²) in [7, 11) is -4.01. The summed E-state index contributed by atoms with van der Waals surface area (Å²) in [5, 5.41) is 25.9. The molecule has 0 saturated carbocycles. The molecule has 1 aliphatic heterocycles. The highest BCUT2D eigenvalue weighted by Gasteiger charge is 2.44. The summed E-state index contributed by atoms with van der Waals surface area (Å²) < 4.78 is 26.7. The van der Waals surface area contributed by atoms with E-state index < -0.39 is 28.1 Å². The lowest BCUT2D eigenvalue weighted by Gasteiger charge is -2.20. The van der Waals surface area contributed by atoms with E-state index in [1.165, 1.54) is 17.4 Å². The Hall–Kier alpha value is -1.75. The molecule has 2 aromatic heterocycles. The van der Waals surface area contributed by atoms with Crippen molar-refractivity contribution in [1.29, 1.82) is 0 Å². The van der Waals surface area contributed by atoms with Gasteiger partial charge in [-0.25, -0.2) is 8.42 Å². The van der Waals surface area contributed by atoms with Crippen molar-refractivity contribution in [2.45, 2.75) is 37.3 Å². The lowest BCUT2D eigenvalue weighted by molar-refractivity contribution is -0.140. The standard InChI is InChI=1S/C14H17N3O5S2/c1-7-3-10(16-15-7)12-5-13(8(2)23-12)24(21,22)17-6-9(18)4-11(17)14(19)20/h3,5,9,11,18H,4,6H2,1-2H3,(H,15,16)(H,19,20)/t9-,11+/m1/s1. The first kappa shape index (κ1) is 17.1. The largest absolute Gasteiger partial charge is 0.480 e. The Kier molecular flexibility index (Phi) is 4.24. The lowest BCUT2D eigenvalue weighted by atomic mass is 10.2. The quantitative estimate of drug-likeness (QED) is 0.735. The molecule has 0 radical (unpaired) electrons. The Morgan fingerprint density at radius 3 is 2.71 bits per heavy atom. The maximum absolute atomic E-state index is 12.9. The zero-order valence-electron chi connectivity index (χ0n) is 13.1. The number of aliphatic hydroxyl groups excluding tert-OH is 1. The first-order valence-electron chi connectivity index (χ1n) is 7.25. The van der Waals surface area contributed by atoms with Gasteiger partial charge in [-0.05, 0) is 26.0 Å². The molecule has 3 rings (SSSR count). The van der Waals surface area contributed by atoms with Crippen LogP contribution in [0.5, 0.6) is 0 Å². The second-order valence-electron chi connectivity index (χ2n) is 5.79. The molecule has 0 bridgehead atoms. The molecular formula is C14H17N3O5S2. The Labute approximate surface area is 142 Å². The van der Waals surface area contributed by atoms with Crippen molar-refractivity contribution in [3.63, 3.8) is 0 Å². The van der Waals surface area contributed by atoms with Gasteiger partial charge in [0.15, 0.2) is 0 Å². The van der Waals surface area contributed by atoms with Crippen LogP contribution in [-0.4, -0.2) is 57.8 Å². The fraction of sp³-hybridized carbons (Fsp3) is 0.429. The van der Waals surface area contributed by atoms with E-state index in [9.17, 15) is 23.4 Å². The predicted molar refractivity (Wildman–Crippen MR) is 87.3 cm³/mol. The summed E-state index contributed by atoms with van der Waals surface area (Å²) >= 11 is 1.28. The number of sulfonamides is 1. The number of aryl methyl sites for hydroxylation is 2. The van der Waals surface area contributed by atoms with E-state index in [1.807, 2.05) is 6.92 Å². The van der Waals surface area contributed by atoms with E-state index in [0.717, 1.165) is 10.00 Å². The summed E-state index contributed by atoms with van der Waals surface area (Å²) in [6.45, 7) is 3.30. The number of hydrogen-bond donors (Lipinski definition) is 3. The van der Waals surface area contributed by atoms with Gasteiger partial charge in [0.2, 0.25) is 10.0 Å². The van der Waals surface area contributed by atoms with Gasteiger partial charge < -0.3 is 10.2 Å². The summed E-state index contributed by atoms with van der Waals surface area (Å²) in [5.41, 5.74) is 1.49. The molecule has 10 heteroatoms. The number of carboxylic acids is 1. The molecule has 1 saturated heterocycles. The van der Waals surface area contributed by atoms with Crippen LogP contribution in [0.1, 0.15) is 17.0 Å². The van der Waals surface area contributed by atoms with Gasteiger partial charge in [-0.1, -0.05) is 0 Å². The molecule has 1 fully saturated rings. The number of thiophene rings is 1. The first-order valence-corrected chi connectivity index (χ1v) is 9.51. The number of aromatic amines is 1. The van der Waals surface area contributed by atoms with Gasteiger partial charge in [0, 0.05) is 23.5 Å². The van der Waals surface area contributed by atoms with Gasteiger partial charge in [-0.3, -0.25) is 9.89 Å². The van der Waals surface area contributed by atoms with Crippen molar-refractivity contribution in [1.82, 2.24) is 14.5 Å². The fourth-order valence-electron chi connectivity index (χ4n) is 2.79. The van der Waals surface area contributed by atoms with E-state index in [0.29, 0.717) is 15.4 Å². The van der Waals surface area contributed by atoms with Gasteiger partial charge in [-0.2, -0.15) is 9.40 Å². The Balaban J connectivity index is 2.01. The molecule has 3 N–H and O–H groups in total. The van der Waals surface area contributed by atoms with Crippen LogP contribution < -0.4 is 0 Å². The number of nitrogens with zero attached hydrogens (tertiary/aromatic N) is 2. The molecule has 1 aliphatic rings. The van der Waals surface area contributed by atoms with Crippen molar-refractivity contribution in [2.75, 3.05) is 6.54 Å². The maximum atomic E-state index is 12.9. The monoisotopic (exact) mass is 371 g/mol. The van der Waals surface area contributed by atoms with Crippen LogP contribution >= 0.6 is 11.3 Å². The van der Waals surface area contributed by atoms with E-state index >= 15 is 0 Å². The third kappa shape index (κ3) is 2.86. The van der Waals surface area contributed by atoms with Crippen LogP contribution in [0, 0.1) is 13.8 Å². The molecule has 0 spiro atoms. The number of aromatic nitrogens is 2. The summed E-state index contributed by atoms with van der Waals surface area (Å²) in [6, 6.07) is 2.07. The number of hydrogen-bond acceptors (Lipinski definition) is 6. The molecular weight excluding hydrogens is 354 g/mol. The zero-order valence-corrected chi connectivity index (χ0v) is 14.7. The number of H-pyrrole nitrogens is 1. The van der Waals surface area contributed by atoms with Gasteiger partial charge in [0.05, 0.1) is 15.9 Å². The van der Waals surface area contributed by atoms with E-state index in [1.54, 1.807) is 13.0 Å². The van der Waals surface area contributed by atoms with Crippen LogP contribution in [0.15, 0.2) is 17.0 Å². The van der Waals surface area contributed by atoms with Crippen molar-refractivity contribution < 1.29 is 23.4 Å². The summed E-state index contributed by atoms with van der Waals surface area (Å²) in [5.74, 6) is -1.26. The molecule has 24 heavy (non-hydrogen) atoms. The smallest absolute Gasteiger partial charge is 0.322 e. The molecule has 0 unspecified atom stereocenters. The molecule has 130 valence electrons. The fourth-order valence-corrected chi connectivity index (χ4v) is 5.95. The number of rotatable bonds is 4. The average Bonchev–Trinajstić information content (AvgIpc) is 3.17. The van der Waals surface area contributed by atoms with Crippen LogP contribution in [-0.2, 0) is 14.8 Å². The first-order chi connectivity index (χ1) is 11.2. The Bertz CT molecular complexity index is 886. The average molecular weight is 371 g/mol. The third-order valence-electron chi connectivity index (χ3n) is 3.94. The SMILES string of the molecule is Cc1cc(-c2cc(S(=O)(=O)N3C[C@H](O)C[C@H]3C(=O)O)c(C)s2)n[nH]1. The molecule has 0 aliphatic carbocycles. The number of carbonyl (C=O) groups is 1. The van der Waals surface area contributed by atoms with Crippen molar-refractivity contribution in [3.05, 3.63) is 22.7 Å². The highest BCUT2D eigenvalue weighted by Crippen LogP contribution is 2.36.